The Labute approximate surface area is 159 Å². The SMILES string of the molecule is OC[C@@H](O)CN1CCC(c2nc(-c3ccc4c(c3)CCCC4)cs2)CC1. The second kappa shape index (κ2) is 8.17. The number of aliphatic hydroxyl groups excluding tert-OH is 2. The topological polar surface area (TPSA) is 56.6 Å². The third-order valence-corrected chi connectivity index (χ3v) is 6.79. The highest BCUT2D eigenvalue weighted by atomic mass is 32.1. The first-order valence-corrected chi connectivity index (χ1v) is 10.7. The first-order valence-electron chi connectivity index (χ1n) is 9.82. The molecule has 5 heteroatoms. The predicted molar refractivity (Wildman–Crippen MR) is 106 cm³/mol. The normalized spacial score (nSPS) is 20.1. The molecule has 1 atom stereocenters. The molecule has 1 aliphatic carbocycles. The molecule has 1 aromatic carbocycles. The van der Waals surface area contributed by atoms with E-state index >= 15 is 0 Å². The standard InChI is InChI=1S/C21H28N2O2S/c24-13-19(25)12-23-9-7-16(8-10-23)21-22-20(14-26-21)18-6-5-15-3-1-2-4-17(15)11-18/h5-6,11,14,16,19,24-25H,1-4,7-10,12-13H2/t19-/m0/s1. The smallest absolute Gasteiger partial charge is 0.0964 e. The third kappa shape index (κ3) is 4.01. The molecule has 26 heavy (non-hydrogen) atoms. The third-order valence-electron chi connectivity index (χ3n) is 5.78. The number of aryl methyl sites for hydroxylation is 2. The lowest BCUT2D eigenvalue weighted by Crippen LogP contribution is -2.39. The quantitative estimate of drug-likeness (QED) is 0.846. The van der Waals surface area contributed by atoms with Gasteiger partial charge in [-0.3, -0.25) is 0 Å². The van der Waals surface area contributed by atoms with Crippen LogP contribution < -0.4 is 0 Å². The van der Waals surface area contributed by atoms with Crippen molar-refractivity contribution in [3.05, 3.63) is 39.7 Å². The van der Waals surface area contributed by atoms with E-state index in [2.05, 4.69) is 28.5 Å². The fraction of sp³-hybridized carbons (Fsp3) is 0.571. The molecule has 0 bridgehead atoms. The highest BCUT2D eigenvalue weighted by molar-refractivity contribution is 7.10. The van der Waals surface area contributed by atoms with Gasteiger partial charge in [0, 0.05) is 23.4 Å². The van der Waals surface area contributed by atoms with E-state index in [1.54, 1.807) is 11.3 Å². The van der Waals surface area contributed by atoms with Gasteiger partial charge in [0.1, 0.15) is 0 Å². The van der Waals surface area contributed by atoms with Crippen molar-refractivity contribution in [1.29, 1.82) is 0 Å². The van der Waals surface area contributed by atoms with Crippen LogP contribution in [0.25, 0.3) is 11.3 Å². The molecule has 1 aliphatic heterocycles. The van der Waals surface area contributed by atoms with Gasteiger partial charge in [0.05, 0.1) is 23.4 Å². The fourth-order valence-electron chi connectivity index (χ4n) is 4.22. The zero-order valence-corrected chi connectivity index (χ0v) is 16.0. The lowest BCUT2D eigenvalue weighted by Gasteiger charge is -2.32. The minimum Gasteiger partial charge on any atom is -0.394 e. The van der Waals surface area contributed by atoms with Gasteiger partial charge in [-0.05, 0) is 68.8 Å². The van der Waals surface area contributed by atoms with Crippen LogP contribution in [0.5, 0.6) is 0 Å². The first kappa shape index (κ1) is 18.1. The van der Waals surface area contributed by atoms with Crippen molar-refractivity contribution in [2.24, 2.45) is 0 Å². The van der Waals surface area contributed by atoms with Crippen LogP contribution in [0, 0.1) is 0 Å². The molecule has 2 aromatic rings. The summed E-state index contributed by atoms with van der Waals surface area (Å²) in [7, 11) is 0. The average Bonchev–Trinajstić information content (AvgIpc) is 3.18. The highest BCUT2D eigenvalue weighted by Crippen LogP contribution is 2.34. The number of likely N-dealkylation sites (tertiary alicyclic amines) is 1. The lowest BCUT2D eigenvalue weighted by atomic mass is 9.90. The summed E-state index contributed by atoms with van der Waals surface area (Å²) in [5.41, 5.74) is 5.42. The number of piperidine rings is 1. The molecule has 0 amide bonds. The van der Waals surface area contributed by atoms with Crippen molar-refractivity contribution in [2.45, 2.75) is 50.5 Å². The Morgan fingerprint density at radius 1 is 1.15 bits per heavy atom. The molecule has 0 radical (unpaired) electrons. The summed E-state index contributed by atoms with van der Waals surface area (Å²) in [4.78, 5) is 7.21. The van der Waals surface area contributed by atoms with Crippen molar-refractivity contribution >= 4 is 11.3 Å². The molecule has 2 aliphatic rings. The Morgan fingerprint density at radius 2 is 1.92 bits per heavy atom. The lowest BCUT2D eigenvalue weighted by molar-refractivity contribution is 0.0513. The van der Waals surface area contributed by atoms with Crippen LogP contribution >= 0.6 is 11.3 Å². The second-order valence-electron chi connectivity index (χ2n) is 7.67. The molecule has 140 valence electrons. The van der Waals surface area contributed by atoms with E-state index in [9.17, 15) is 5.11 Å². The molecule has 0 spiro atoms. The Bertz CT molecular complexity index is 737. The van der Waals surface area contributed by atoms with Crippen molar-refractivity contribution < 1.29 is 10.2 Å². The Hall–Kier alpha value is -1.27. The Kier molecular flexibility index (Phi) is 5.69. The zero-order chi connectivity index (χ0) is 17.9. The zero-order valence-electron chi connectivity index (χ0n) is 15.2. The number of aromatic nitrogens is 1. The number of nitrogens with zero attached hydrogens (tertiary/aromatic N) is 2. The van der Waals surface area contributed by atoms with Crippen LogP contribution in [0.2, 0.25) is 0 Å². The number of β-amino-alcohol motifs (C(OH)–C–C–N with tert-alkyl or cyclic N) is 1. The van der Waals surface area contributed by atoms with Crippen LogP contribution in [-0.4, -0.2) is 52.4 Å². The summed E-state index contributed by atoms with van der Waals surface area (Å²) >= 11 is 1.79. The molecule has 2 N–H and O–H groups in total. The monoisotopic (exact) mass is 372 g/mol. The van der Waals surface area contributed by atoms with Gasteiger partial charge in [0.15, 0.2) is 0 Å². The van der Waals surface area contributed by atoms with Crippen LogP contribution in [0.15, 0.2) is 23.6 Å². The molecule has 0 unspecified atom stereocenters. The number of thiazole rings is 1. The molecule has 1 saturated heterocycles. The number of aliphatic hydroxyl groups is 2. The maximum Gasteiger partial charge on any atom is 0.0964 e. The molecular formula is C21H28N2O2S. The van der Waals surface area contributed by atoms with Crippen molar-refractivity contribution in [3.8, 4) is 11.3 Å². The van der Waals surface area contributed by atoms with Crippen LogP contribution in [0.1, 0.15) is 47.7 Å². The van der Waals surface area contributed by atoms with Gasteiger partial charge in [-0.15, -0.1) is 11.3 Å². The molecule has 2 heterocycles. The predicted octanol–water partition coefficient (Wildman–Crippen LogP) is 3.22. The van der Waals surface area contributed by atoms with Gasteiger partial charge < -0.3 is 15.1 Å². The minimum atomic E-state index is -0.623. The summed E-state index contributed by atoms with van der Waals surface area (Å²) in [6.45, 7) is 2.35. The van der Waals surface area contributed by atoms with E-state index in [0.717, 1.165) is 31.6 Å². The van der Waals surface area contributed by atoms with Crippen LogP contribution in [0.4, 0.5) is 0 Å². The first-order chi connectivity index (χ1) is 12.7. The van der Waals surface area contributed by atoms with Gasteiger partial charge in [0.2, 0.25) is 0 Å². The number of rotatable bonds is 5. The molecule has 0 saturated carbocycles. The second-order valence-corrected chi connectivity index (χ2v) is 8.56. The van der Waals surface area contributed by atoms with E-state index in [1.807, 2.05) is 0 Å². The number of hydrogen-bond acceptors (Lipinski definition) is 5. The van der Waals surface area contributed by atoms with Crippen LogP contribution in [0.3, 0.4) is 0 Å². The molecular weight excluding hydrogens is 344 g/mol. The molecule has 1 aromatic heterocycles. The Morgan fingerprint density at radius 3 is 2.69 bits per heavy atom. The van der Waals surface area contributed by atoms with Crippen molar-refractivity contribution in [1.82, 2.24) is 9.88 Å². The summed E-state index contributed by atoms with van der Waals surface area (Å²) in [5.74, 6) is 0.522. The maximum absolute atomic E-state index is 9.60. The highest BCUT2D eigenvalue weighted by Gasteiger charge is 2.24. The fourth-order valence-corrected chi connectivity index (χ4v) is 5.22. The number of benzene rings is 1. The van der Waals surface area contributed by atoms with E-state index < -0.39 is 6.10 Å². The van der Waals surface area contributed by atoms with Crippen LogP contribution in [-0.2, 0) is 12.8 Å². The van der Waals surface area contributed by atoms with Crippen molar-refractivity contribution in [2.75, 3.05) is 26.2 Å². The summed E-state index contributed by atoms with van der Waals surface area (Å²) in [5, 5.41) is 22.1. The van der Waals surface area contributed by atoms with E-state index in [1.165, 1.54) is 47.4 Å². The summed E-state index contributed by atoms with van der Waals surface area (Å²) in [6.07, 6.45) is 6.59. The van der Waals surface area contributed by atoms with Gasteiger partial charge in [0.25, 0.3) is 0 Å². The molecule has 4 nitrogen and oxygen atoms in total. The van der Waals surface area contributed by atoms with E-state index in [-0.39, 0.29) is 6.61 Å². The Balaban J connectivity index is 1.41. The van der Waals surface area contributed by atoms with Gasteiger partial charge in [-0.25, -0.2) is 4.98 Å². The largest absolute Gasteiger partial charge is 0.394 e. The van der Waals surface area contributed by atoms with E-state index in [4.69, 9.17) is 10.1 Å². The van der Waals surface area contributed by atoms with Gasteiger partial charge in [-0.1, -0.05) is 12.1 Å². The summed E-state index contributed by atoms with van der Waals surface area (Å²) < 4.78 is 0. The maximum atomic E-state index is 9.60. The summed E-state index contributed by atoms with van der Waals surface area (Å²) in [6, 6.07) is 6.89. The van der Waals surface area contributed by atoms with Crippen molar-refractivity contribution in [3.63, 3.8) is 0 Å². The number of fused-ring (bicyclic) bond motifs is 1. The van der Waals surface area contributed by atoms with Gasteiger partial charge >= 0.3 is 0 Å². The molecule has 4 rings (SSSR count). The molecule has 1 fully saturated rings. The number of hydrogen-bond donors (Lipinski definition) is 2. The van der Waals surface area contributed by atoms with E-state index in [0.29, 0.717) is 12.5 Å². The van der Waals surface area contributed by atoms with Gasteiger partial charge in [-0.2, -0.15) is 0 Å². The minimum absolute atomic E-state index is 0.156. The average molecular weight is 373 g/mol.